The summed E-state index contributed by atoms with van der Waals surface area (Å²) in [5, 5.41) is 14.3. The molecule has 0 unspecified atom stereocenters. The van der Waals surface area contributed by atoms with Crippen molar-refractivity contribution in [3.8, 4) is 0 Å². The molecule has 0 bridgehead atoms. The summed E-state index contributed by atoms with van der Waals surface area (Å²) < 4.78 is 18.5. The van der Waals surface area contributed by atoms with Crippen LogP contribution in [0.25, 0.3) is 0 Å². The highest BCUT2D eigenvalue weighted by Crippen LogP contribution is 2.26. The molecule has 0 aliphatic carbocycles. The number of carbonyl (C=O) groups is 1. The number of aromatic nitrogens is 3. The van der Waals surface area contributed by atoms with E-state index in [9.17, 15) is 9.18 Å². The minimum Gasteiger partial charge on any atom is -0.381 e. The molecule has 3 heterocycles. The van der Waals surface area contributed by atoms with Crippen molar-refractivity contribution in [3.05, 3.63) is 72.1 Å². The lowest BCUT2D eigenvalue weighted by Gasteiger charge is -2.20. The smallest absolute Gasteiger partial charge is 0.276 e. The molecule has 1 aromatic carbocycles. The number of carbonyl (C=O) groups excluding carboxylic acids is 1. The van der Waals surface area contributed by atoms with Crippen molar-refractivity contribution in [1.29, 1.82) is 0 Å². The van der Waals surface area contributed by atoms with Gasteiger partial charge in [-0.15, -0.1) is 5.10 Å². The van der Waals surface area contributed by atoms with Crippen LogP contribution >= 0.6 is 0 Å². The summed E-state index contributed by atoms with van der Waals surface area (Å²) in [6.07, 6.45) is 4.98. The Morgan fingerprint density at radius 3 is 2.52 bits per heavy atom. The van der Waals surface area contributed by atoms with Crippen LogP contribution in [0, 0.1) is 5.82 Å². The summed E-state index contributed by atoms with van der Waals surface area (Å²) in [6.45, 7) is 1.45. The quantitative estimate of drug-likeness (QED) is 0.683. The van der Waals surface area contributed by atoms with Gasteiger partial charge in [-0.05, 0) is 55.3 Å². The normalized spacial score (nSPS) is 14.4. The number of hydrogen-bond donors (Lipinski definition) is 2. The highest BCUT2D eigenvalue weighted by atomic mass is 19.1. The first-order valence-electron chi connectivity index (χ1n) is 9.38. The van der Waals surface area contributed by atoms with Gasteiger partial charge in [0.15, 0.2) is 5.69 Å². The molecule has 1 aliphatic heterocycles. The van der Waals surface area contributed by atoms with Gasteiger partial charge < -0.3 is 15.4 Å². The molecule has 29 heavy (non-hydrogen) atoms. The largest absolute Gasteiger partial charge is 0.381 e. The molecule has 2 N–H and O–H groups in total. The van der Waals surface area contributed by atoms with E-state index in [2.05, 4.69) is 25.8 Å². The number of rotatable bonds is 5. The predicted molar refractivity (Wildman–Crippen MR) is 107 cm³/mol. The van der Waals surface area contributed by atoms with Gasteiger partial charge in [0.2, 0.25) is 0 Å². The van der Waals surface area contributed by atoms with Gasteiger partial charge in [-0.1, -0.05) is 0 Å². The van der Waals surface area contributed by atoms with Crippen molar-refractivity contribution >= 4 is 23.0 Å². The Morgan fingerprint density at radius 2 is 1.79 bits per heavy atom. The van der Waals surface area contributed by atoms with E-state index in [4.69, 9.17) is 4.74 Å². The van der Waals surface area contributed by atoms with Gasteiger partial charge in [0, 0.05) is 31.0 Å². The molecule has 0 atom stereocenters. The molecule has 4 rings (SSSR count). The molecule has 8 heteroatoms. The van der Waals surface area contributed by atoms with E-state index < -0.39 is 0 Å². The average Bonchev–Trinajstić information content (AvgIpc) is 2.77. The highest BCUT2D eigenvalue weighted by molar-refractivity contribution is 6.04. The molecule has 0 spiro atoms. The number of hydrogen-bond acceptors (Lipinski definition) is 6. The van der Waals surface area contributed by atoms with Crippen LogP contribution in [0.3, 0.4) is 0 Å². The lowest BCUT2D eigenvalue weighted by Crippen LogP contribution is -2.18. The number of halogens is 1. The SMILES string of the molecule is O=C(Nc1ccncc1Nc1ccc(F)cc1)c1ccc(C2CCOCC2)nn1. The van der Waals surface area contributed by atoms with Crippen LogP contribution in [-0.4, -0.2) is 34.3 Å². The molecule has 0 radical (unpaired) electrons. The minimum atomic E-state index is -0.371. The van der Waals surface area contributed by atoms with E-state index in [0.29, 0.717) is 23.0 Å². The van der Waals surface area contributed by atoms with E-state index >= 15 is 0 Å². The number of nitrogens with zero attached hydrogens (tertiary/aromatic N) is 3. The highest BCUT2D eigenvalue weighted by Gasteiger charge is 2.19. The van der Waals surface area contributed by atoms with Crippen molar-refractivity contribution in [2.45, 2.75) is 18.8 Å². The van der Waals surface area contributed by atoms with Crippen LogP contribution in [0.15, 0.2) is 54.9 Å². The third kappa shape index (κ3) is 4.72. The number of benzene rings is 1. The number of ether oxygens (including phenoxy) is 1. The Bertz CT molecular complexity index is 973. The second kappa shape index (κ2) is 8.74. The molecule has 0 saturated carbocycles. The summed E-state index contributed by atoms with van der Waals surface area (Å²) in [4.78, 5) is 16.7. The van der Waals surface area contributed by atoms with Crippen LogP contribution in [0.5, 0.6) is 0 Å². The van der Waals surface area contributed by atoms with Gasteiger partial charge in [0.05, 0.1) is 23.3 Å². The third-order valence-electron chi connectivity index (χ3n) is 4.75. The van der Waals surface area contributed by atoms with E-state index in [1.807, 2.05) is 6.07 Å². The van der Waals surface area contributed by atoms with Crippen molar-refractivity contribution in [2.24, 2.45) is 0 Å². The molecule has 2 aromatic heterocycles. The zero-order chi connectivity index (χ0) is 20.1. The van der Waals surface area contributed by atoms with Gasteiger partial charge in [-0.2, -0.15) is 5.10 Å². The second-order valence-electron chi connectivity index (χ2n) is 6.74. The molecule has 1 fully saturated rings. The van der Waals surface area contributed by atoms with Crippen LogP contribution in [0.1, 0.15) is 34.9 Å². The van der Waals surface area contributed by atoms with E-state index in [1.54, 1.807) is 36.7 Å². The zero-order valence-electron chi connectivity index (χ0n) is 15.6. The molecule has 1 saturated heterocycles. The molecular formula is C21H20FN5O2. The summed E-state index contributed by atoms with van der Waals surface area (Å²) in [5.74, 6) is -0.373. The minimum absolute atomic E-state index is 0.227. The Labute approximate surface area is 167 Å². The van der Waals surface area contributed by atoms with Crippen LogP contribution in [-0.2, 0) is 4.74 Å². The van der Waals surface area contributed by atoms with Crippen molar-refractivity contribution < 1.29 is 13.9 Å². The first-order chi connectivity index (χ1) is 14.2. The predicted octanol–water partition coefficient (Wildman–Crippen LogP) is 3.90. The van der Waals surface area contributed by atoms with E-state index in [0.717, 1.165) is 31.7 Å². The molecule has 148 valence electrons. The zero-order valence-corrected chi connectivity index (χ0v) is 15.6. The van der Waals surface area contributed by atoms with Crippen molar-refractivity contribution in [3.63, 3.8) is 0 Å². The van der Waals surface area contributed by atoms with E-state index in [1.165, 1.54) is 12.1 Å². The number of nitrogens with one attached hydrogen (secondary N) is 2. The van der Waals surface area contributed by atoms with Gasteiger partial charge in [0.1, 0.15) is 5.82 Å². The topological polar surface area (TPSA) is 89.0 Å². The van der Waals surface area contributed by atoms with Gasteiger partial charge >= 0.3 is 0 Å². The second-order valence-corrected chi connectivity index (χ2v) is 6.74. The molecule has 3 aromatic rings. The maximum absolute atomic E-state index is 13.1. The van der Waals surface area contributed by atoms with Crippen LogP contribution < -0.4 is 10.6 Å². The average molecular weight is 393 g/mol. The van der Waals surface area contributed by atoms with Gasteiger partial charge in [-0.25, -0.2) is 4.39 Å². The Hall–Kier alpha value is -3.39. The van der Waals surface area contributed by atoms with Gasteiger partial charge in [-0.3, -0.25) is 9.78 Å². The first kappa shape index (κ1) is 18.9. The van der Waals surface area contributed by atoms with Crippen molar-refractivity contribution in [1.82, 2.24) is 15.2 Å². The molecular weight excluding hydrogens is 373 g/mol. The molecule has 1 aliphatic rings. The standard InChI is InChI=1S/C21H20FN5O2/c22-15-1-3-16(4-2-15)24-20-13-23-10-7-18(20)25-21(28)19-6-5-17(26-27-19)14-8-11-29-12-9-14/h1-7,10,13-14,24H,8-9,11-12H2,(H,23,25,28). The summed E-state index contributed by atoms with van der Waals surface area (Å²) in [6, 6.07) is 11.1. The summed E-state index contributed by atoms with van der Waals surface area (Å²) in [5.41, 5.74) is 2.90. The first-order valence-corrected chi connectivity index (χ1v) is 9.38. The van der Waals surface area contributed by atoms with Crippen LogP contribution in [0.2, 0.25) is 0 Å². The number of anilines is 3. The van der Waals surface area contributed by atoms with Crippen LogP contribution in [0.4, 0.5) is 21.5 Å². The summed E-state index contributed by atoms with van der Waals surface area (Å²) in [7, 11) is 0. The lowest BCUT2D eigenvalue weighted by atomic mass is 9.96. The Kier molecular flexibility index (Phi) is 5.71. The molecule has 1 amide bonds. The fraction of sp³-hybridized carbons (Fsp3) is 0.238. The van der Waals surface area contributed by atoms with Crippen molar-refractivity contribution in [2.75, 3.05) is 23.8 Å². The Balaban J connectivity index is 1.46. The maximum Gasteiger partial charge on any atom is 0.276 e. The maximum atomic E-state index is 13.1. The fourth-order valence-electron chi connectivity index (χ4n) is 3.15. The van der Waals surface area contributed by atoms with Gasteiger partial charge in [0.25, 0.3) is 5.91 Å². The Morgan fingerprint density at radius 1 is 1.00 bits per heavy atom. The number of pyridine rings is 1. The number of amides is 1. The van der Waals surface area contributed by atoms with E-state index in [-0.39, 0.29) is 17.4 Å². The molecule has 7 nitrogen and oxygen atoms in total. The summed E-state index contributed by atoms with van der Waals surface area (Å²) >= 11 is 0. The third-order valence-corrected chi connectivity index (χ3v) is 4.75. The fourth-order valence-corrected chi connectivity index (χ4v) is 3.15. The monoisotopic (exact) mass is 393 g/mol. The lowest BCUT2D eigenvalue weighted by molar-refractivity contribution is 0.0842.